The summed E-state index contributed by atoms with van der Waals surface area (Å²) in [5.41, 5.74) is 1.63. The van der Waals surface area contributed by atoms with Crippen LogP contribution in [0.2, 0.25) is 0 Å². The fourth-order valence-electron chi connectivity index (χ4n) is 3.40. The Morgan fingerprint density at radius 1 is 1.35 bits per heavy atom. The van der Waals surface area contributed by atoms with Crippen molar-refractivity contribution in [3.63, 3.8) is 0 Å². The summed E-state index contributed by atoms with van der Waals surface area (Å²) in [7, 11) is 1.58. The third-order valence-corrected chi connectivity index (χ3v) is 4.95. The van der Waals surface area contributed by atoms with Crippen LogP contribution in [-0.4, -0.2) is 30.5 Å². The second-order valence-electron chi connectivity index (χ2n) is 7.53. The number of fused-ring (bicyclic) bond motifs is 1. The van der Waals surface area contributed by atoms with Crippen LogP contribution < -0.4 is 10.4 Å². The minimum Gasteiger partial charge on any atom is -0.497 e. The van der Waals surface area contributed by atoms with Gasteiger partial charge in [0.25, 0.3) is 0 Å². The molecule has 1 amide bonds. The van der Waals surface area contributed by atoms with Gasteiger partial charge in [0.1, 0.15) is 11.3 Å². The van der Waals surface area contributed by atoms with Crippen LogP contribution in [0.3, 0.4) is 0 Å². The zero-order valence-corrected chi connectivity index (χ0v) is 16.0. The van der Waals surface area contributed by atoms with Gasteiger partial charge >= 0.3 is 5.63 Å². The number of ether oxygens (including phenoxy) is 1. The maximum Gasteiger partial charge on any atom is 0.339 e. The predicted octanol–water partition coefficient (Wildman–Crippen LogP) is 3.69. The zero-order chi connectivity index (χ0) is 18.8. The quantitative estimate of drug-likeness (QED) is 0.709. The largest absolute Gasteiger partial charge is 0.497 e. The van der Waals surface area contributed by atoms with Crippen molar-refractivity contribution in [2.75, 3.05) is 13.7 Å². The molecule has 3 rings (SSSR count). The van der Waals surface area contributed by atoms with Gasteiger partial charge in [0.05, 0.1) is 7.11 Å². The number of amides is 1. The van der Waals surface area contributed by atoms with Gasteiger partial charge in [-0.25, -0.2) is 4.79 Å². The number of aryl methyl sites for hydroxylation is 1. The van der Waals surface area contributed by atoms with Crippen LogP contribution in [0, 0.1) is 12.8 Å². The van der Waals surface area contributed by atoms with Crippen molar-refractivity contribution < 1.29 is 13.9 Å². The summed E-state index contributed by atoms with van der Waals surface area (Å²) in [6.07, 6.45) is 2.95. The molecule has 0 unspecified atom stereocenters. The van der Waals surface area contributed by atoms with E-state index in [9.17, 15) is 9.59 Å². The van der Waals surface area contributed by atoms with E-state index in [2.05, 4.69) is 13.8 Å². The molecule has 1 aliphatic carbocycles. The highest BCUT2D eigenvalue weighted by Crippen LogP contribution is 2.29. The van der Waals surface area contributed by atoms with Gasteiger partial charge in [0, 0.05) is 36.0 Å². The topological polar surface area (TPSA) is 59.8 Å². The van der Waals surface area contributed by atoms with E-state index >= 15 is 0 Å². The third-order valence-electron chi connectivity index (χ3n) is 4.95. The van der Waals surface area contributed by atoms with Crippen LogP contribution in [0.15, 0.2) is 27.4 Å². The molecule has 1 aromatic carbocycles. The van der Waals surface area contributed by atoms with Crippen LogP contribution in [0.4, 0.5) is 0 Å². The second-order valence-corrected chi connectivity index (χ2v) is 7.53. The number of carbonyl (C=O) groups is 1. The van der Waals surface area contributed by atoms with E-state index in [1.807, 2.05) is 24.0 Å². The van der Waals surface area contributed by atoms with Crippen LogP contribution >= 0.6 is 0 Å². The minimum absolute atomic E-state index is 0.134. The highest BCUT2D eigenvalue weighted by atomic mass is 16.5. The van der Waals surface area contributed by atoms with Gasteiger partial charge in [0.2, 0.25) is 5.91 Å². The molecule has 0 atom stereocenters. The average Bonchev–Trinajstić information content (AvgIpc) is 3.43. The molecule has 0 spiro atoms. The van der Waals surface area contributed by atoms with Crippen LogP contribution in [-0.2, 0) is 11.2 Å². The Morgan fingerprint density at radius 2 is 2.08 bits per heavy atom. The Kier molecular flexibility index (Phi) is 5.35. The first kappa shape index (κ1) is 18.5. The second kappa shape index (κ2) is 7.52. The molecule has 0 saturated heterocycles. The van der Waals surface area contributed by atoms with E-state index in [0.717, 1.165) is 30.3 Å². The molecule has 2 aromatic rings. The number of nitrogens with zero attached hydrogens (tertiary/aromatic N) is 1. The molecular weight excluding hydrogens is 330 g/mol. The minimum atomic E-state index is -0.363. The van der Waals surface area contributed by atoms with Crippen molar-refractivity contribution >= 4 is 16.9 Å². The maximum atomic E-state index is 12.7. The summed E-state index contributed by atoms with van der Waals surface area (Å²) in [5.74, 6) is 1.23. The molecule has 140 valence electrons. The third kappa shape index (κ3) is 3.92. The molecule has 0 radical (unpaired) electrons. The lowest BCUT2D eigenvalue weighted by Gasteiger charge is -2.24. The number of hydrogen-bond donors (Lipinski definition) is 0. The van der Waals surface area contributed by atoms with E-state index in [-0.39, 0.29) is 11.5 Å². The van der Waals surface area contributed by atoms with Crippen molar-refractivity contribution in [2.45, 2.75) is 52.5 Å². The van der Waals surface area contributed by atoms with E-state index in [1.54, 1.807) is 13.2 Å². The number of rotatable bonds is 7. The Bertz CT molecular complexity index is 864. The van der Waals surface area contributed by atoms with E-state index < -0.39 is 0 Å². The Hall–Kier alpha value is -2.30. The average molecular weight is 357 g/mol. The zero-order valence-electron chi connectivity index (χ0n) is 16.0. The van der Waals surface area contributed by atoms with Crippen molar-refractivity contribution in [3.05, 3.63) is 39.7 Å². The SMILES string of the molecule is COc1ccc2c(C)c(CCC(=O)N(CC(C)C)C3CC3)c(=O)oc2c1. The lowest BCUT2D eigenvalue weighted by Crippen LogP contribution is -2.36. The van der Waals surface area contributed by atoms with Crippen LogP contribution in [0.5, 0.6) is 5.75 Å². The fraction of sp³-hybridized carbons (Fsp3) is 0.524. The number of carbonyl (C=O) groups excluding carboxylic acids is 1. The molecule has 1 aliphatic rings. The Labute approximate surface area is 153 Å². The lowest BCUT2D eigenvalue weighted by molar-refractivity contribution is -0.132. The molecule has 1 heterocycles. The highest BCUT2D eigenvalue weighted by Gasteiger charge is 2.32. The molecule has 0 bridgehead atoms. The summed E-state index contributed by atoms with van der Waals surface area (Å²) in [4.78, 5) is 27.1. The summed E-state index contributed by atoms with van der Waals surface area (Å²) in [5, 5.41) is 0.883. The van der Waals surface area contributed by atoms with Gasteiger partial charge in [-0.15, -0.1) is 0 Å². The van der Waals surface area contributed by atoms with Gasteiger partial charge in [0.15, 0.2) is 0 Å². The van der Waals surface area contributed by atoms with Crippen molar-refractivity contribution in [3.8, 4) is 5.75 Å². The first-order valence-corrected chi connectivity index (χ1v) is 9.30. The number of benzene rings is 1. The van der Waals surface area contributed by atoms with Crippen molar-refractivity contribution in [1.29, 1.82) is 0 Å². The molecule has 1 saturated carbocycles. The Morgan fingerprint density at radius 3 is 2.69 bits per heavy atom. The molecule has 1 aromatic heterocycles. The van der Waals surface area contributed by atoms with Gasteiger partial charge in [-0.2, -0.15) is 0 Å². The van der Waals surface area contributed by atoms with Gasteiger partial charge in [-0.1, -0.05) is 13.8 Å². The highest BCUT2D eigenvalue weighted by molar-refractivity contribution is 5.83. The van der Waals surface area contributed by atoms with Gasteiger partial charge < -0.3 is 14.1 Å². The summed E-state index contributed by atoms with van der Waals surface area (Å²) < 4.78 is 10.7. The number of hydrogen-bond acceptors (Lipinski definition) is 4. The molecule has 1 fully saturated rings. The lowest BCUT2D eigenvalue weighted by atomic mass is 10.0. The molecule has 5 heteroatoms. The van der Waals surface area contributed by atoms with E-state index in [1.165, 1.54) is 0 Å². The summed E-state index contributed by atoms with van der Waals surface area (Å²) in [6, 6.07) is 5.86. The van der Waals surface area contributed by atoms with Crippen molar-refractivity contribution in [1.82, 2.24) is 4.90 Å². The standard InChI is InChI=1S/C21H27NO4/c1-13(2)12-22(15-5-6-15)20(23)10-9-18-14(3)17-8-7-16(25-4)11-19(17)26-21(18)24/h7-8,11,13,15H,5-6,9-10,12H2,1-4H3. The van der Waals surface area contributed by atoms with E-state index in [4.69, 9.17) is 9.15 Å². The first-order chi connectivity index (χ1) is 12.4. The van der Waals surface area contributed by atoms with E-state index in [0.29, 0.717) is 41.7 Å². The first-order valence-electron chi connectivity index (χ1n) is 9.30. The molecular formula is C21H27NO4. The van der Waals surface area contributed by atoms with Gasteiger partial charge in [-0.05, 0) is 49.8 Å². The molecule has 5 nitrogen and oxygen atoms in total. The molecule has 26 heavy (non-hydrogen) atoms. The number of methoxy groups -OCH3 is 1. The summed E-state index contributed by atoms with van der Waals surface area (Å²) >= 11 is 0. The van der Waals surface area contributed by atoms with Crippen molar-refractivity contribution in [2.24, 2.45) is 5.92 Å². The molecule has 0 aliphatic heterocycles. The smallest absolute Gasteiger partial charge is 0.339 e. The molecule has 0 N–H and O–H groups in total. The fourth-order valence-corrected chi connectivity index (χ4v) is 3.40. The van der Waals surface area contributed by atoms with Crippen LogP contribution in [0.1, 0.15) is 44.2 Å². The van der Waals surface area contributed by atoms with Gasteiger partial charge in [-0.3, -0.25) is 4.79 Å². The maximum absolute atomic E-state index is 12.7. The Balaban J connectivity index is 1.80. The van der Waals surface area contributed by atoms with Crippen LogP contribution in [0.25, 0.3) is 11.0 Å². The normalized spacial score (nSPS) is 14.0. The predicted molar refractivity (Wildman–Crippen MR) is 102 cm³/mol. The summed E-state index contributed by atoms with van der Waals surface area (Å²) in [6.45, 7) is 6.95. The monoisotopic (exact) mass is 357 g/mol.